The smallest absolute Gasteiger partial charge is 0.266 e. The van der Waals surface area contributed by atoms with Gasteiger partial charge in [0.05, 0.1) is 10.7 Å². The van der Waals surface area contributed by atoms with Crippen LogP contribution in [0.5, 0.6) is 0 Å². The van der Waals surface area contributed by atoms with Crippen LogP contribution in [0.15, 0.2) is 29.8 Å². The number of amides is 1. The molecule has 0 aliphatic rings. The number of carbonyl (C=O) groups is 1. The highest BCUT2D eigenvalue weighted by atomic mass is 35.5. The van der Waals surface area contributed by atoms with Gasteiger partial charge in [-0.1, -0.05) is 23.2 Å². The Morgan fingerprint density at radius 2 is 2.00 bits per heavy atom. The van der Waals surface area contributed by atoms with Gasteiger partial charge in [0.15, 0.2) is 0 Å². The first-order valence-electron chi connectivity index (χ1n) is 6.84. The van der Waals surface area contributed by atoms with Crippen molar-refractivity contribution in [2.24, 2.45) is 7.05 Å². The van der Waals surface area contributed by atoms with Crippen molar-refractivity contribution < 1.29 is 4.79 Å². The molecule has 0 bridgehead atoms. The number of hydrogen-bond acceptors (Lipinski definition) is 2. The molecule has 1 aromatic carbocycles. The van der Waals surface area contributed by atoms with E-state index in [4.69, 9.17) is 23.2 Å². The molecule has 6 heteroatoms. The Hall–Kier alpha value is -2.22. The van der Waals surface area contributed by atoms with Gasteiger partial charge < -0.3 is 9.88 Å². The molecule has 1 aromatic heterocycles. The van der Waals surface area contributed by atoms with Crippen molar-refractivity contribution in [1.82, 2.24) is 4.57 Å². The molecule has 0 radical (unpaired) electrons. The predicted octanol–water partition coefficient (Wildman–Crippen LogP) is 4.49. The van der Waals surface area contributed by atoms with Gasteiger partial charge in [0.1, 0.15) is 11.6 Å². The zero-order valence-electron chi connectivity index (χ0n) is 12.9. The molecule has 0 aliphatic carbocycles. The molecule has 0 aliphatic heterocycles. The first-order valence-corrected chi connectivity index (χ1v) is 7.60. The number of anilines is 1. The lowest BCUT2D eigenvalue weighted by Crippen LogP contribution is -2.13. The quantitative estimate of drug-likeness (QED) is 0.656. The number of nitriles is 1. The number of carbonyl (C=O) groups excluding carboxylic acids is 1. The number of benzene rings is 1. The fraction of sp³-hybridized carbons (Fsp3) is 0.176. The van der Waals surface area contributed by atoms with E-state index in [2.05, 4.69) is 5.32 Å². The van der Waals surface area contributed by atoms with Gasteiger partial charge in [0.25, 0.3) is 5.91 Å². The molecule has 2 aromatic rings. The zero-order chi connectivity index (χ0) is 17.1. The molecule has 118 valence electrons. The third-order valence-electron chi connectivity index (χ3n) is 3.66. The SMILES string of the molecule is Cc1cc(C=C(C#N)C(=O)Nc2ccc(Cl)cc2Cl)c(C)n1C. The van der Waals surface area contributed by atoms with E-state index in [1.54, 1.807) is 18.2 Å². The van der Waals surface area contributed by atoms with Gasteiger partial charge in [0, 0.05) is 23.5 Å². The molecule has 4 nitrogen and oxygen atoms in total. The van der Waals surface area contributed by atoms with E-state index < -0.39 is 5.91 Å². The number of nitrogens with zero attached hydrogens (tertiary/aromatic N) is 2. The molecule has 1 amide bonds. The summed E-state index contributed by atoms with van der Waals surface area (Å²) in [6, 6.07) is 8.59. The Morgan fingerprint density at radius 3 is 2.52 bits per heavy atom. The van der Waals surface area contributed by atoms with Gasteiger partial charge in [-0.3, -0.25) is 4.79 Å². The zero-order valence-corrected chi connectivity index (χ0v) is 14.5. The average molecular weight is 348 g/mol. The van der Waals surface area contributed by atoms with Gasteiger partial charge in [-0.05, 0) is 49.8 Å². The fourth-order valence-corrected chi connectivity index (χ4v) is 2.57. The van der Waals surface area contributed by atoms with Gasteiger partial charge in [0.2, 0.25) is 0 Å². The molecule has 0 saturated carbocycles. The van der Waals surface area contributed by atoms with Gasteiger partial charge >= 0.3 is 0 Å². The number of halogens is 2. The standard InChI is InChI=1S/C17H15Cl2N3O/c1-10-6-12(11(2)22(10)3)7-13(9-20)17(23)21-16-5-4-14(18)8-15(16)19/h4-8H,1-3H3,(H,21,23). The molecule has 0 unspecified atom stereocenters. The predicted molar refractivity (Wildman–Crippen MR) is 93.6 cm³/mol. The Morgan fingerprint density at radius 1 is 1.30 bits per heavy atom. The van der Waals surface area contributed by atoms with Crippen molar-refractivity contribution in [2.45, 2.75) is 13.8 Å². The highest BCUT2D eigenvalue weighted by molar-refractivity contribution is 6.36. The first-order chi connectivity index (χ1) is 10.8. The van der Waals surface area contributed by atoms with Crippen LogP contribution in [0.2, 0.25) is 10.0 Å². The van der Waals surface area contributed by atoms with Crippen LogP contribution in [0.3, 0.4) is 0 Å². The molecule has 1 N–H and O–H groups in total. The Balaban J connectivity index is 2.30. The maximum atomic E-state index is 12.3. The lowest BCUT2D eigenvalue weighted by atomic mass is 10.1. The maximum Gasteiger partial charge on any atom is 0.266 e. The van der Waals surface area contributed by atoms with Crippen LogP contribution in [0.25, 0.3) is 6.08 Å². The van der Waals surface area contributed by atoms with Crippen LogP contribution in [0.4, 0.5) is 5.69 Å². The molecule has 0 atom stereocenters. The highest BCUT2D eigenvalue weighted by Crippen LogP contribution is 2.26. The molecule has 2 rings (SSSR count). The average Bonchev–Trinajstić information content (AvgIpc) is 2.74. The van der Waals surface area contributed by atoms with Crippen molar-refractivity contribution in [2.75, 3.05) is 5.32 Å². The summed E-state index contributed by atoms with van der Waals surface area (Å²) in [6.07, 6.45) is 1.57. The third-order valence-corrected chi connectivity index (χ3v) is 4.21. The minimum Gasteiger partial charge on any atom is -0.352 e. The summed E-state index contributed by atoms with van der Waals surface area (Å²) in [5.41, 5.74) is 3.27. The second-order valence-corrected chi connectivity index (χ2v) is 5.98. The van der Waals surface area contributed by atoms with E-state index in [1.807, 2.05) is 37.6 Å². The van der Waals surface area contributed by atoms with E-state index >= 15 is 0 Å². The summed E-state index contributed by atoms with van der Waals surface area (Å²) in [7, 11) is 1.93. The van der Waals surface area contributed by atoms with Crippen LogP contribution in [0.1, 0.15) is 17.0 Å². The van der Waals surface area contributed by atoms with Crippen molar-refractivity contribution in [3.63, 3.8) is 0 Å². The Kier molecular flexibility index (Phi) is 5.15. The summed E-state index contributed by atoms with van der Waals surface area (Å²) in [4.78, 5) is 12.3. The fourth-order valence-electron chi connectivity index (χ4n) is 2.12. The van der Waals surface area contributed by atoms with Crippen LogP contribution in [-0.2, 0) is 11.8 Å². The van der Waals surface area contributed by atoms with Crippen LogP contribution >= 0.6 is 23.2 Å². The second-order valence-electron chi connectivity index (χ2n) is 5.13. The molecular formula is C17H15Cl2N3O. The Bertz CT molecular complexity index is 844. The molecular weight excluding hydrogens is 333 g/mol. The van der Waals surface area contributed by atoms with E-state index in [9.17, 15) is 10.1 Å². The van der Waals surface area contributed by atoms with E-state index in [0.717, 1.165) is 17.0 Å². The monoisotopic (exact) mass is 347 g/mol. The van der Waals surface area contributed by atoms with Crippen LogP contribution in [-0.4, -0.2) is 10.5 Å². The largest absolute Gasteiger partial charge is 0.352 e. The molecule has 0 saturated heterocycles. The highest BCUT2D eigenvalue weighted by Gasteiger charge is 2.13. The molecule has 0 fully saturated rings. The van der Waals surface area contributed by atoms with Gasteiger partial charge in [-0.15, -0.1) is 0 Å². The van der Waals surface area contributed by atoms with Gasteiger partial charge in [-0.25, -0.2) is 0 Å². The maximum absolute atomic E-state index is 12.3. The Labute approximate surface area is 144 Å². The summed E-state index contributed by atoms with van der Waals surface area (Å²) in [5.74, 6) is -0.516. The number of aryl methyl sites for hydroxylation is 1. The van der Waals surface area contributed by atoms with Crippen LogP contribution < -0.4 is 5.32 Å². The minimum absolute atomic E-state index is 0.00437. The number of hydrogen-bond donors (Lipinski definition) is 1. The molecule has 1 heterocycles. The lowest BCUT2D eigenvalue weighted by Gasteiger charge is -2.07. The number of rotatable bonds is 3. The summed E-state index contributed by atoms with van der Waals surface area (Å²) >= 11 is 11.8. The third kappa shape index (κ3) is 3.76. The van der Waals surface area contributed by atoms with E-state index in [-0.39, 0.29) is 5.57 Å². The lowest BCUT2D eigenvalue weighted by molar-refractivity contribution is -0.112. The van der Waals surface area contributed by atoms with Crippen molar-refractivity contribution in [3.8, 4) is 6.07 Å². The van der Waals surface area contributed by atoms with Gasteiger partial charge in [-0.2, -0.15) is 5.26 Å². The van der Waals surface area contributed by atoms with E-state index in [1.165, 1.54) is 6.07 Å². The summed E-state index contributed by atoms with van der Waals surface area (Å²) in [5, 5.41) is 12.7. The molecule has 0 spiro atoms. The van der Waals surface area contributed by atoms with E-state index in [0.29, 0.717) is 15.7 Å². The summed E-state index contributed by atoms with van der Waals surface area (Å²) in [6.45, 7) is 3.89. The van der Waals surface area contributed by atoms with Crippen molar-refractivity contribution in [1.29, 1.82) is 5.26 Å². The van der Waals surface area contributed by atoms with Crippen molar-refractivity contribution >= 4 is 40.9 Å². The normalized spacial score (nSPS) is 11.2. The minimum atomic E-state index is -0.516. The second kappa shape index (κ2) is 6.91. The number of nitrogens with one attached hydrogen (secondary N) is 1. The molecule has 23 heavy (non-hydrogen) atoms. The van der Waals surface area contributed by atoms with Crippen LogP contribution in [0, 0.1) is 25.2 Å². The van der Waals surface area contributed by atoms with Crippen molar-refractivity contribution in [3.05, 3.63) is 56.8 Å². The number of aromatic nitrogens is 1. The summed E-state index contributed by atoms with van der Waals surface area (Å²) < 4.78 is 1.99. The first kappa shape index (κ1) is 17.1. The topological polar surface area (TPSA) is 57.8 Å².